The van der Waals surface area contributed by atoms with Gasteiger partial charge in [0, 0.05) is 25.0 Å². The molecular weight excluding hydrogens is 444 g/mol. The number of rotatable bonds is 12. The lowest BCUT2D eigenvalue weighted by Crippen LogP contribution is -2.62. The van der Waals surface area contributed by atoms with Crippen LogP contribution in [0.4, 0.5) is 0 Å². The molecule has 8 nitrogen and oxygen atoms in total. The van der Waals surface area contributed by atoms with Crippen LogP contribution in [0.15, 0.2) is 30.3 Å². The minimum absolute atomic E-state index is 0.0691. The summed E-state index contributed by atoms with van der Waals surface area (Å²) in [6.07, 6.45) is 0. The van der Waals surface area contributed by atoms with Crippen molar-refractivity contribution in [1.29, 1.82) is 0 Å². The third kappa shape index (κ3) is 8.32. The molecule has 0 aromatic heterocycles. The molecule has 0 aliphatic rings. The summed E-state index contributed by atoms with van der Waals surface area (Å²) >= 11 is 0. The third-order valence-electron chi connectivity index (χ3n) is 6.66. The predicted molar refractivity (Wildman–Crippen MR) is 140 cm³/mol. The van der Waals surface area contributed by atoms with Gasteiger partial charge in [-0.1, -0.05) is 78.8 Å². The summed E-state index contributed by atoms with van der Waals surface area (Å²) in [4.78, 5) is 40.4. The van der Waals surface area contributed by atoms with Crippen molar-refractivity contribution in [2.45, 2.75) is 72.0 Å². The number of ether oxygens (including phenoxy) is 1. The Hall–Kier alpha value is -2.45. The zero-order valence-electron chi connectivity index (χ0n) is 23.2. The lowest BCUT2D eigenvalue weighted by Gasteiger charge is -2.40. The normalized spacial score (nSPS) is 14.7. The molecule has 0 spiro atoms. The molecule has 2 amide bonds. The maximum atomic E-state index is 13.7. The Labute approximate surface area is 211 Å². The van der Waals surface area contributed by atoms with Gasteiger partial charge >= 0.3 is 5.97 Å². The topological polar surface area (TPSA) is 99.8 Å². The van der Waals surface area contributed by atoms with Crippen LogP contribution in [0.2, 0.25) is 0 Å². The molecule has 0 fully saturated rings. The van der Waals surface area contributed by atoms with Crippen molar-refractivity contribution >= 4 is 17.8 Å². The van der Waals surface area contributed by atoms with Crippen LogP contribution in [0.3, 0.4) is 0 Å². The summed E-state index contributed by atoms with van der Waals surface area (Å²) in [5.41, 5.74) is 0.00853. The van der Waals surface area contributed by atoms with Crippen LogP contribution in [0.25, 0.3) is 0 Å². The van der Waals surface area contributed by atoms with Gasteiger partial charge in [0.15, 0.2) is 0 Å². The summed E-state index contributed by atoms with van der Waals surface area (Å²) in [6.45, 7) is 14.4. The molecular formula is C27H46N4O4. The number of likely N-dealkylation sites (N-methyl/N-ethyl adjacent to an activating group) is 2. The first-order chi connectivity index (χ1) is 16.2. The highest BCUT2D eigenvalue weighted by atomic mass is 16.5. The fraction of sp³-hybridized carbons (Fsp3) is 0.667. The van der Waals surface area contributed by atoms with Crippen molar-refractivity contribution in [1.82, 2.24) is 20.9 Å². The van der Waals surface area contributed by atoms with E-state index in [1.807, 2.05) is 78.8 Å². The van der Waals surface area contributed by atoms with E-state index in [2.05, 4.69) is 20.7 Å². The van der Waals surface area contributed by atoms with E-state index in [-0.39, 0.29) is 36.3 Å². The van der Waals surface area contributed by atoms with Gasteiger partial charge in [-0.25, -0.2) is 0 Å². The summed E-state index contributed by atoms with van der Waals surface area (Å²) in [7, 11) is 4.85. The van der Waals surface area contributed by atoms with Gasteiger partial charge in [0.2, 0.25) is 11.8 Å². The van der Waals surface area contributed by atoms with Gasteiger partial charge in [0.05, 0.1) is 19.7 Å². The Morgan fingerprint density at radius 3 is 2.03 bits per heavy atom. The number of nitrogens with one attached hydrogen (secondary N) is 3. The number of amides is 2. The van der Waals surface area contributed by atoms with E-state index in [1.54, 1.807) is 19.0 Å². The number of hydrogen-bond acceptors (Lipinski definition) is 6. The van der Waals surface area contributed by atoms with Crippen molar-refractivity contribution in [3.05, 3.63) is 35.9 Å². The smallest absolute Gasteiger partial charge is 0.319 e. The highest BCUT2D eigenvalue weighted by molar-refractivity contribution is 5.91. The largest absolute Gasteiger partial charge is 0.468 e. The van der Waals surface area contributed by atoms with Crippen LogP contribution in [0.5, 0.6) is 0 Å². The van der Waals surface area contributed by atoms with Crippen LogP contribution in [0, 0.1) is 11.3 Å². The molecule has 0 radical (unpaired) electrons. The Kier molecular flexibility index (Phi) is 11.4. The molecule has 1 aromatic rings. The average molecular weight is 491 g/mol. The van der Waals surface area contributed by atoms with Crippen molar-refractivity contribution in [2.24, 2.45) is 11.3 Å². The van der Waals surface area contributed by atoms with E-state index in [9.17, 15) is 14.4 Å². The fourth-order valence-electron chi connectivity index (χ4n) is 4.31. The molecule has 0 bridgehead atoms. The van der Waals surface area contributed by atoms with Crippen molar-refractivity contribution in [3.8, 4) is 0 Å². The Bertz CT molecular complexity index is 833. The van der Waals surface area contributed by atoms with Crippen LogP contribution in [-0.2, 0) is 24.5 Å². The molecule has 0 saturated heterocycles. The fourth-order valence-corrected chi connectivity index (χ4v) is 4.31. The van der Waals surface area contributed by atoms with Crippen LogP contribution in [0.1, 0.15) is 54.0 Å². The Balaban J connectivity index is 3.13. The first-order valence-corrected chi connectivity index (χ1v) is 12.3. The van der Waals surface area contributed by atoms with Gasteiger partial charge in [-0.05, 0) is 23.9 Å². The summed E-state index contributed by atoms with van der Waals surface area (Å²) in [6, 6.07) is 8.42. The SMILES string of the molecule is CN[C@H](C(=O)NC(C(=O)N(C)[C@H](CNCC(=O)OC)C(C)C)C(C)(C)C)C(C)(C)c1ccccc1. The second kappa shape index (κ2) is 13.0. The van der Waals surface area contributed by atoms with E-state index in [4.69, 9.17) is 0 Å². The van der Waals surface area contributed by atoms with E-state index in [0.29, 0.717) is 6.54 Å². The van der Waals surface area contributed by atoms with Crippen molar-refractivity contribution in [3.63, 3.8) is 0 Å². The lowest BCUT2D eigenvalue weighted by molar-refractivity contribution is -0.141. The lowest BCUT2D eigenvalue weighted by atomic mass is 9.76. The molecule has 0 heterocycles. The van der Waals surface area contributed by atoms with Gasteiger partial charge in [-0.3, -0.25) is 14.4 Å². The Morgan fingerprint density at radius 1 is 1.00 bits per heavy atom. The Morgan fingerprint density at radius 2 is 1.57 bits per heavy atom. The number of hydrogen-bond donors (Lipinski definition) is 3. The monoisotopic (exact) mass is 490 g/mol. The zero-order valence-corrected chi connectivity index (χ0v) is 23.2. The molecule has 3 atom stereocenters. The van der Waals surface area contributed by atoms with Gasteiger partial charge < -0.3 is 25.6 Å². The maximum absolute atomic E-state index is 13.7. The number of carbonyl (C=O) groups excluding carboxylic acids is 3. The minimum atomic E-state index is -0.732. The molecule has 8 heteroatoms. The quantitative estimate of drug-likeness (QED) is 0.389. The summed E-state index contributed by atoms with van der Waals surface area (Å²) < 4.78 is 4.68. The van der Waals surface area contributed by atoms with Crippen LogP contribution < -0.4 is 16.0 Å². The zero-order chi connectivity index (χ0) is 27.0. The number of benzene rings is 1. The van der Waals surface area contributed by atoms with Gasteiger partial charge in [-0.2, -0.15) is 0 Å². The van der Waals surface area contributed by atoms with Crippen LogP contribution in [-0.4, -0.2) is 75.1 Å². The van der Waals surface area contributed by atoms with Crippen molar-refractivity contribution in [2.75, 3.05) is 34.3 Å². The molecule has 0 aliphatic heterocycles. The van der Waals surface area contributed by atoms with Crippen molar-refractivity contribution < 1.29 is 19.1 Å². The predicted octanol–water partition coefficient (Wildman–Crippen LogP) is 2.33. The summed E-state index contributed by atoms with van der Waals surface area (Å²) in [5.74, 6) is -0.627. The first-order valence-electron chi connectivity index (χ1n) is 12.3. The van der Waals surface area contributed by atoms with E-state index < -0.39 is 22.9 Å². The molecule has 0 aliphatic carbocycles. The molecule has 35 heavy (non-hydrogen) atoms. The molecule has 1 aromatic carbocycles. The minimum Gasteiger partial charge on any atom is -0.468 e. The van der Waals surface area contributed by atoms with E-state index in [0.717, 1.165) is 5.56 Å². The van der Waals surface area contributed by atoms with E-state index in [1.165, 1.54) is 7.11 Å². The third-order valence-corrected chi connectivity index (χ3v) is 6.66. The number of esters is 1. The molecule has 1 rings (SSSR count). The highest BCUT2D eigenvalue weighted by Gasteiger charge is 2.41. The number of methoxy groups -OCH3 is 1. The highest BCUT2D eigenvalue weighted by Crippen LogP contribution is 2.28. The molecule has 198 valence electrons. The average Bonchev–Trinajstić information content (AvgIpc) is 2.79. The number of carbonyl (C=O) groups is 3. The standard InChI is InChI=1S/C27H46N4O4/c1-18(2)20(16-29-17-21(32)35-10)31(9)25(34)23(26(3,4)5)30-24(33)22(28-8)27(6,7)19-14-12-11-13-15-19/h11-15,18,20,22-23,28-29H,16-17H2,1-10H3,(H,30,33)/t20-,22-,23?/m1/s1. The van der Waals surface area contributed by atoms with E-state index >= 15 is 0 Å². The first kappa shape index (κ1) is 30.6. The summed E-state index contributed by atoms with van der Waals surface area (Å²) in [5, 5.41) is 9.29. The second-order valence-electron chi connectivity index (χ2n) is 11.1. The number of nitrogens with zero attached hydrogens (tertiary/aromatic N) is 1. The molecule has 3 N–H and O–H groups in total. The van der Waals surface area contributed by atoms with Gasteiger partial charge in [0.25, 0.3) is 0 Å². The van der Waals surface area contributed by atoms with Gasteiger partial charge in [-0.15, -0.1) is 0 Å². The second-order valence-corrected chi connectivity index (χ2v) is 11.1. The molecule has 0 saturated carbocycles. The molecule has 1 unspecified atom stereocenters. The van der Waals surface area contributed by atoms with Crippen LogP contribution >= 0.6 is 0 Å². The maximum Gasteiger partial charge on any atom is 0.319 e. The van der Waals surface area contributed by atoms with Gasteiger partial charge in [0.1, 0.15) is 6.04 Å².